The number of thiophene rings is 1. The molecule has 0 spiro atoms. The van der Waals surface area contributed by atoms with E-state index in [0.717, 1.165) is 42.6 Å². The second kappa shape index (κ2) is 8.30. The summed E-state index contributed by atoms with van der Waals surface area (Å²) in [7, 11) is 2.13. The van der Waals surface area contributed by atoms with Gasteiger partial charge in [0.15, 0.2) is 11.5 Å². The third-order valence-corrected chi connectivity index (χ3v) is 5.92. The van der Waals surface area contributed by atoms with Crippen LogP contribution in [0, 0.1) is 6.92 Å². The van der Waals surface area contributed by atoms with Crippen molar-refractivity contribution in [3.63, 3.8) is 0 Å². The van der Waals surface area contributed by atoms with Crippen LogP contribution in [0.4, 0.5) is 0 Å². The Kier molecular flexibility index (Phi) is 5.61. The number of carbonyl (C=O) groups is 1. The van der Waals surface area contributed by atoms with Crippen LogP contribution in [0.25, 0.3) is 10.6 Å². The molecule has 1 amide bonds. The summed E-state index contributed by atoms with van der Waals surface area (Å²) >= 11 is 1.55. The van der Waals surface area contributed by atoms with E-state index in [1.165, 1.54) is 0 Å². The summed E-state index contributed by atoms with van der Waals surface area (Å²) in [6.45, 7) is 6.25. The normalized spacial score (nSPS) is 16.9. The Bertz CT molecular complexity index is 910. The van der Waals surface area contributed by atoms with E-state index in [2.05, 4.69) is 27.3 Å². The molecule has 1 atom stereocenters. The van der Waals surface area contributed by atoms with Crippen molar-refractivity contribution in [2.75, 3.05) is 39.8 Å². The van der Waals surface area contributed by atoms with Gasteiger partial charge in [-0.15, -0.1) is 11.3 Å². The van der Waals surface area contributed by atoms with Gasteiger partial charge in [0.25, 0.3) is 5.91 Å². The summed E-state index contributed by atoms with van der Waals surface area (Å²) in [5, 5.41) is 8.89. The highest BCUT2D eigenvalue weighted by molar-refractivity contribution is 7.13. The smallest absolute Gasteiger partial charge is 0.273 e. The second-order valence-electron chi connectivity index (χ2n) is 7.07. The van der Waals surface area contributed by atoms with Crippen molar-refractivity contribution in [2.24, 2.45) is 0 Å². The van der Waals surface area contributed by atoms with E-state index in [1.807, 2.05) is 36.6 Å². The van der Waals surface area contributed by atoms with Crippen molar-refractivity contribution in [2.45, 2.75) is 13.0 Å². The summed E-state index contributed by atoms with van der Waals surface area (Å²) in [6.07, 6.45) is 0. The van der Waals surface area contributed by atoms with Crippen molar-refractivity contribution < 1.29 is 13.7 Å². The van der Waals surface area contributed by atoms with Crippen molar-refractivity contribution in [3.05, 3.63) is 52.9 Å². The van der Waals surface area contributed by atoms with Gasteiger partial charge in [0.2, 0.25) is 0 Å². The Morgan fingerprint density at radius 1 is 1.29 bits per heavy atom. The molecule has 0 bridgehead atoms. The molecule has 1 N–H and O–H groups in total. The van der Waals surface area contributed by atoms with Crippen molar-refractivity contribution in [3.8, 4) is 10.6 Å². The van der Waals surface area contributed by atoms with Gasteiger partial charge in [-0.2, -0.15) is 0 Å². The molecule has 1 saturated heterocycles. The minimum absolute atomic E-state index is 0.00461. The lowest BCUT2D eigenvalue weighted by atomic mass is 10.1. The fraction of sp³-hybridized carbons (Fsp3) is 0.400. The van der Waals surface area contributed by atoms with E-state index < -0.39 is 0 Å². The molecule has 1 aliphatic heterocycles. The lowest BCUT2D eigenvalue weighted by Crippen LogP contribution is -2.48. The Labute approximate surface area is 167 Å². The summed E-state index contributed by atoms with van der Waals surface area (Å²) in [4.78, 5) is 18.2. The Balaban J connectivity index is 1.44. The molecule has 4 heterocycles. The lowest BCUT2D eigenvalue weighted by Gasteiger charge is -2.37. The summed E-state index contributed by atoms with van der Waals surface area (Å²) in [5.41, 5.74) is 0.288. The van der Waals surface area contributed by atoms with Crippen molar-refractivity contribution >= 4 is 17.2 Å². The molecule has 4 rings (SSSR count). The fourth-order valence-electron chi connectivity index (χ4n) is 3.37. The van der Waals surface area contributed by atoms with E-state index in [4.69, 9.17) is 8.94 Å². The zero-order chi connectivity index (χ0) is 19.5. The molecule has 3 aromatic rings. The van der Waals surface area contributed by atoms with E-state index in [9.17, 15) is 4.79 Å². The first-order valence-corrected chi connectivity index (χ1v) is 10.3. The highest BCUT2D eigenvalue weighted by Crippen LogP contribution is 2.26. The molecule has 3 aromatic heterocycles. The molecule has 8 heteroatoms. The van der Waals surface area contributed by atoms with Crippen LogP contribution in [0.1, 0.15) is 28.1 Å². The van der Waals surface area contributed by atoms with Gasteiger partial charge in [0.05, 0.1) is 10.9 Å². The number of rotatable bonds is 6. The van der Waals surface area contributed by atoms with Crippen LogP contribution in [-0.2, 0) is 0 Å². The quantitative estimate of drug-likeness (QED) is 0.686. The molecular formula is C20H24N4O3S. The zero-order valence-corrected chi connectivity index (χ0v) is 16.9. The second-order valence-corrected chi connectivity index (χ2v) is 8.01. The maximum absolute atomic E-state index is 12.6. The van der Waals surface area contributed by atoms with Crippen LogP contribution < -0.4 is 5.32 Å². The van der Waals surface area contributed by atoms with Gasteiger partial charge in [-0.1, -0.05) is 11.2 Å². The molecule has 0 saturated carbocycles. The fourth-order valence-corrected chi connectivity index (χ4v) is 4.05. The molecule has 0 unspecified atom stereocenters. The Morgan fingerprint density at radius 2 is 2.11 bits per heavy atom. The minimum atomic E-state index is -0.242. The van der Waals surface area contributed by atoms with Gasteiger partial charge < -0.3 is 19.2 Å². The van der Waals surface area contributed by atoms with Crippen LogP contribution in [0.3, 0.4) is 0 Å². The lowest BCUT2D eigenvalue weighted by molar-refractivity contribution is 0.0843. The Hall–Kier alpha value is -2.42. The van der Waals surface area contributed by atoms with Gasteiger partial charge in [-0.05, 0) is 37.6 Å². The van der Waals surface area contributed by atoms with Crippen LogP contribution in [-0.4, -0.2) is 60.6 Å². The molecule has 0 aliphatic carbocycles. The first-order valence-electron chi connectivity index (χ1n) is 9.38. The van der Waals surface area contributed by atoms with Crippen molar-refractivity contribution in [1.29, 1.82) is 0 Å². The summed E-state index contributed by atoms with van der Waals surface area (Å²) < 4.78 is 11.2. The zero-order valence-electron chi connectivity index (χ0n) is 16.1. The molecule has 0 radical (unpaired) electrons. The monoisotopic (exact) mass is 400 g/mol. The average Bonchev–Trinajstić information content (AvgIpc) is 3.44. The van der Waals surface area contributed by atoms with E-state index in [-0.39, 0.29) is 17.6 Å². The number of aryl methyl sites for hydroxylation is 1. The first kappa shape index (κ1) is 18.9. The van der Waals surface area contributed by atoms with Gasteiger partial charge in [-0.3, -0.25) is 9.69 Å². The number of furan rings is 1. The topological polar surface area (TPSA) is 74.8 Å². The van der Waals surface area contributed by atoms with E-state index in [1.54, 1.807) is 17.4 Å². The molecule has 1 aliphatic rings. The number of aromatic nitrogens is 1. The number of piperazine rings is 1. The van der Waals surface area contributed by atoms with Crippen LogP contribution >= 0.6 is 11.3 Å². The highest BCUT2D eigenvalue weighted by Gasteiger charge is 2.27. The minimum Gasteiger partial charge on any atom is -0.465 e. The molecule has 0 aromatic carbocycles. The van der Waals surface area contributed by atoms with Gasteiger partial charge in [-0.25, -0.2) is 0 Å². The summed E-state index contributed by atoms with van der Waals surface area (Å²) in [6, 6.07) is 9.52. The maximum Gasteiger partial charge on any atom is 0.273 e. The Morgan fingerprint density at radius 3 is 2.79 bits per heavy atom. The third-order valence-electron chi connectivity index (χ3n) is 5.03. The molecule has 28 heavy (non-hydrogen) atoms. The number of nitrogens with zero attached hydrogens (tertiary/aromatic N) is 3. The van der Waals surface area contributed by atoms with Crippen LogP contribution in [0.2, 0.25) is 0 Å². The standard InChI is InChI=1S/C20H24N4O3S/c1-14-5-6-17(26-14)16(24-9-7-23(2)8-10-24)13-21-20(25)15-12-18(27-22-15)19-4-3-11-28-19/h3-6,11-12,16H,7-10,13H2,1-2H3,(H,21,25)/t16-/m1/s1. The predicted molar refractivity (Wildman–Crippen MR) is 107 cm³/mol. The number of hydrogen-bond acceptors (Lipinski definition) is 7. The molecular weight excluding hydrogens is 376 g/mol. The van der Waals surface area contributed by atoms with Crippen LogP contribution in [0.15, 0.2) is 44.7 Å². The summed E-state index contributed by atoms with van der Waals surface area (Å²) in [5.74, 6) is 2.12. The van der Waals surface area contributed by atoms with Gasteiger partial charge in [0, 0.05) is 38.8 Å². The molecule has 7 nitrogen and oxygen atoms in total. The number of carbonyl (C=O) groups excluding carboxylic acids is 1. The van der Waals surface area contributed by atoms with E-state index in [0.29, 0.717) is 12.3 Å². The third kappa shape index (κ3) is 4.19. The van der Waals surface area contributed by atoms with Crippen LogP contribution in [0.5, 0.6) is 0 Å². The first-order chi connectivity index (χ1) is 13.6. The number of amides is 1. The van der Waals surface area contributed by atoms with Crippen molar-refractivity contribution in [1.82, 2.24) is 20.3 Å². The number of hydrogen-bond donors (Lipinski definition) is 1. The molecule has 1 fully saturated rings. The van der Waals surface area contributed by atoms with Gasteiger partial charge in [0.1, 0.15) is 11.5 Å². The average molecular weight is 401 g/mol. The predicted octanol–water partition coefficient (Wildman–Crippen LogP) is 3.02. The largest absolute Gasteiger partial charge is 0.465 e. The van der Waals surface area contributed by atoms with Gasteiger partial charge >= 0.3 is 0 Å². The number of likely N-dealkylation sites (N-methyl/N-ethyl adjacent to an activating group) is 1. The number of nitrogens with one attached hydrogen (secondary N) is 1. The highest BCUT2D eigenvalue weighted by atomic mass is 32.1. The SMILES string of the molecule is Cc1ccc([C@@H](CNC(=O)c2cc(-c3cccs3)on2)N2CCN(C)CC2)o1. The molecule has 148 valence electrons. The van der Waals surface area contributed by atoms with E-state index >= 15 is 0 Å². The maximum atomic E-state index is 12.6.